The van der Waals surface area contributed by atoms with E-state index in [0.717, 1.165) is 11.3 Å². The Morgan fingerprint density at radius 2 is 2.21 bits per heavy atom. The van der Waals surface area contributed by atoms with Crippen LogP contribution in [0.4, 0.5) is 0 Å². The van der Waals surface area contributed by atoms with Gasteiger partial charge in [-0.1, -0.05) is 13.0 Å². The van der Waals surface area contributed by atoms with Crippen LogP contribution in [0.5, 0.6) is 0 Å². The van der Waals surface area contributed by atoms with Crippen LogP contribution in [-0.4, -0.2) is 38.6 Å². The van der Waals surface area contributed by atoms with E-state index in [1.54, 1.807) is 34.3 Å². The molecule has 0 spiro atoms. The summed E-state index contributed by atoms with van der Waals surface area (Å²) in [7, 11) is -3.39. The van der Waals surface area contributed by atoms with Crippen molar-refractivity contribution >= 4 is 21.8 Å². The van der Waals surface area contributed by atoms with Gasteiger partial charge in [0.05, 0.1) is 4.90 Å². The third-order valence-corrected chi connectivity index (χ3v) is 6.26. The van der Waals surface area contributed by atoms with E-state index in [1.807, 2.05) is 19.2 Å². The number of thioether (sulfide) groups is 1. The average molecular weight is 300 g/mol. The molecule has 0 saturated carbocycles. The highest BCUT2D eigenvalue weighted by atomic mass is 32.2. The topological polar surface area (TPSA) is 63.4 Å². The van der Waals surface area contributed by atoms with E-state index in [1.165, 1.54) is 0 Å². The summed E-state index contributed by atoms with van der Waals surface area (Å²) in [5.74, 6) is 0. The molecular formula is C13H20N2O2S2. The van der Waals surface area contributed by atoms with Gasteiger partial charge in [-0.15, -0.1) is 11.8 Å². The summed E-state index contributed by atoms with van der Waals surface area (Å²) in [6.07, 6.45) is 2.76. The first-order valence-electron chi connectivity index (χ1n) is 6.26. The molecule has 0 bridgehead atoms. The third kappa shape index (κ3) is 2.97. The molecule has 4 nitrogen and oxygen atoms in total. The van der Waals surface area contributed by atoms with Crippen molar-refractivity contribution in [3.05, 3.63) is 24.3 Å². The van der Waals surface area contributed by atoms with Crippen molar-refractivity contribution < 1.29 is 8.42 Å². The minimum atomic E-state index is -3.39. The predicted octanol–water partition coefficient (Wildman–Crippen LogP) is 1.77. The first-order chi connectivity index (χ1) is 8.91. The Morgan fingerprint density at radius 1 is 1.47 bits per heavy atom. The smallest absolute Gasteiger partial charge is 0.243 e. The van der Waals surface area contributed by atoms with Gasteiger partial charge in [0.1, 0.15) is 0 Å². The monoisotopic (exact) mass is 300 g/mol. The van der Waals surface area contributed by atoms with Crippen LogP contribution in [0.3, 0.4) is 0 Å². The molecule has 0 radical (unpaired) electrons. The predicted molar refractivity (Wildman–Crippen MR) is 78.8 cm³/mol. The summed E-state index contributed by atoms with van der Waals surface area (Å²) >= 11 is 1.54. The molecule has 1 aliphatic rings. The average Bonchev–Trinajstić information content (AvgIpc) is 2.83. The van der Waals surface area contributed by atoms with Crippen molar-refractivity contribution in [1.82, 2.24) is 4.31 Å². The molecule has 0 aliphatic carbocycles. The van der Waals surface area contributed by atoms with Gasteiger partial charge in [0.25, 0.3) is 0 Å². The maximum atomic E-state index is 12.6. The number of nitrogens with two attached hydrogens (primary N) is 1. The summed E-state index contributed by atoms with van der Waals surface area (Å²) in [6, 6.07) is 7.10. The SMILES string of the molecule is CSc1cccc(S(=O)(=O)N2CCC(C)(CN)C2)c1. The van der Waals surface area contributed by atoms with E-state index in [-0.39, 0.29) is 5.41 Å². The van der Waals surface area contributed by atoms with Gasteiger partial charge in [-0.25, -0.2) is 8.42 Å². The van der Waals surface area contributed by atoms with Crippen LogP contribution in [0.1, 0.15) is 13.3 Å². The Morgan fingerprint density at radius 3 is 2.79 bits per heavy atom. The van der Waals surface area contributed by atoms with Crippen LogP contribution in [0.15, 0.2) is 34.1 Å². The molecule has 6 heteroatoms. The Kier molecular flexibility index (Phi) is 4.25. The zero-order valence-corrected chi connectivity index (χ0v) is 12.9. The van der Waals surface area contributed by atoms with Crippen molar-refractivity contribution in [3.63, 3.8) is 0 Å². The first-order valence-corrected chi connectivity index (χ1v) is 8.92. The van der Waals surface area contributed by atoms with Gasteiger partial charge in [-0.3, -0.25) is 0 Å². The number of rotatable bonds is 4. The van der Waals surface area contributed by atoms with Gasteiger partial charge in [0.15, 0.2) is 0 Å². The molecule has 1 aromatic rings. The summed E-state index contributed by atoms with van der Waals surface area (Å²) in [6.45, 7) is 3.62. The molecule has 1 aromatic carbocycles. The van der Waals surface area contributed by atoms with E-state index in [2.05, 4.69) is 0 Å². The minimum Gasteiger partial charge on any atom is -0.330 e. The zero-order valence-electron chi connectivity index (χ0n) is 11.3. The highest BCUT2D eigenvalue weighted by Gasteiger charge is 2.38. The number of hydrogen-bond donors (Lipinski definition) is 1. The van der Waals surface area contributed by atoms with Gasteiger partial charge in [-0.2, -0.15) is 4.31 Å². The van der Waals surface area contributed by atoms with Crippen LogP contribution in [-0.2, 0) is 10.0 Å². The lowest BCUT2D eigenvalue weighted by molar-refractivity contribution is 0.349. The number of benzene rings is 1. The molecule has 19 heavy (non-hydrogen) atoms. The first kappa shape index (κ1) is 14.8. The second kappa shape index (κ2) is 5.44. The largest absolute Gasteiger partial charge is 0.330 e. The van der Waals surface area contributed by atoms with Gasteiger partial charge in [-0.05, 0) is 42.8 Å². The second-order valence-corrected chi connectivity index (χ2v) is 8.10. The van der Waals surface area contributed by atoms with Crippen molar-refractivity contribution in [2.45, 2.75) is 23.1 Å². The molecule has 2 N–H and O–H groups in total. The number of hydrogen-bond acceptors (Lipinski definition) is 4. The zero-order chi connectivity index (χ0) is 14.1. The van der Waals surface area contributed by atoms with Crippen LogP contribution in [0.25, 0.3) is 0 Å². The molecular weight excluding hydrogens is 280 g/mol. The summed E-state index contributed by atoms with van der Waals surface area (Å²) in [5.41, 5.74) is 5.64. The Bertz CT molecular complexity index is 560. The summed E-state index contributed by atoms with van der Waals surface area (Å²) in [4.78, 5) is 1.34. The van der Waals surface area contributed by atoms with Crippen molar-refractivity contribution in [2.75, 3.05) is 25.9 Å². The van der Waals surface area contributed by atoms with E-state index >= 15 is 0 Å². The van der Waals surface area contributed by atoms with Crippen molar-refractivity contribution in [2.24, 2.45) is 11.1 Å². The normalized spacial score (nSPS) is 24.8. The lowest BCUT2D eigenvalue weighted by Crippen LogP contribution is -2.34. The number of nitrogens with zero attached hydrogens (tertiary/aromatic N) is 1. The standard InChI is InChI=1S/C13H20N2O2S2/c1-13(9-14)6-7-15(10-13)19(16,17)12-5-3-4-11(8-12)18-2/h3-5,8H,6-7,9-10,14H2,1-2H3. The molecule has 106 valence electrons. The van der Waals surface area contributed by atoms with Gasteiger partial charge >= 0.3 is 0 Å². The molecule has 1 unspecified atom stereocenters. The van der Waals surface area contributed by atoms with Gasteiger partial charge in [0.2, 0.25) is 10.0 Å². The fourth-order valence-corrected chi connectivity index (χ4v) is 4.43. The molecule has 1 atom stereocenters. The van der Waals surface area contributed by atoms with Crippen LogP contribution in [0, 0.1) is 5.41 Å². The maximum Gasteiger partial charge on any atom is 0.243 e. The van der Waals surface area contributed by atoms with E-state index in [0.29, 0.717) is 24.5 Å². The van der Waals surface area contributed by atoms with Crippen molar-refractivity contribution in [1.29, 1.82) is 0 Å². The van der Waals surface area contributed by atoms with E-state index < -0.39 is 10.0 Å². The van der Waals surface area contributed by atoms with Crippen molar-refractivity contribution in [3.8, 4) is 0 Å². The minimum absolute atomic E-state index is 0.0931. The fraction of sp³-hybridized carbons (Fsp3) is 0.538. The number of sulfonamides is 1. The maximum absolute atomic E-state index is 12.6. The second-order valence-electron chi connectivity index (χ2n) is 5.28. The molecule has 1 fully saturated rings. The van der Waals surface area contributed by atoms with Crippen LogP contribution >= 0.6 is 11.8 Å². The summed E-state index contributed by atoms with van der Waals surface area (Å²) < 4.78 is 26.7. The van der Waals surface area contributed by atoms with Gasteiger partial charge in [0, 0.05) is 18.0 Å². The fourth-order valence-electron chi connectivity index (χ4n) is 2.26. The Balaban J connectivity index is 2.28. The quantitative estimate of drug-likeness (QED) is 0.861. The Hall–Kier alpha value is -0.560. The molecule has 1 aliphatic heterocycles. The highest BCUT2D eigenvalue weighted by molar-refractivity contribution is 7.98. The third-order valence-electron chi connectivity index (χ3n) is 3.69. The van der Waals surface area contributed by atoms with Gasteiger partial charge < -0.3 is 5.73 Å². The lowest BCUT2D eigenvalue weighted by atomic mass is 9.90. The van der Waals surface area contributed by atoms with Crippen LogP contribution < -0.4 is 5.73 Å². The highest BCUT2D eigenvalue weighted by Crippen LogP contribution is 2.33. The lowest BCUT2D eigenvalue weighted by Gasteiger charge is -2.22. The van der Waals surface area contributed by atoms with E-state index in [9.17, 15) is 8.42 Å². The molecule has 0 aromatic heterocycles. The molecule has 2 rings (SSSR count). The molecule has 1 saturated heterocycles. The summed E-state index contributed by atoms with van der Waals surface area (Å²) in [5, 5.41) is 0. The molecule has 1 heterocycles. The molecule has 0 amide bonds. The van der Waals surface area contributed by atoms with E-state index in [4.69, 9.17) is 5.73 Å². The van der Waals surface area contributed by atoms with Crippen LogP contribution in [0.2, 0.25) is 0 Å². The Labute approximate surface area is 119 Å².